The molecule has 7 nitrogen and oxygen atoms in total. The predicted octanol–water partition coefficient (Wildman–Crippen LogP) is 3.82. The Balaban J connectivity index is 1.70. The molecule has 166 valence electrons. The van der Waals surface area contributed by atoms with E-state index in [1.807, 2.05) is 36.1 Å². The third kappa shape index (κ3) is 5.81. The molecule has 2 heterocycles. The van der Waals surface area contributed by atoms with E-state index in [2.05, 4.69) is 29.1 Å². The van der Waals surface area contributed by atoms with Gasteiger partial charge >= 0.3 is 0 Å². The average Bonchev–Trinajstić information content (AvgIpc) is 2.77. The topological polar surface area (TPSA) is 84.4 Å². The molecule has 0 saturated carbocycles. The minimum Gasteiger partial charge on any atom is -0.497 e. The van der Waals surface area contributed by atoms with Crippen LogP contribution < -0.4 is 10.1 Å². The first-order valence-corrected chi connectivity index (χ1v) is 10.9. The fourth-order valence-corrected chi connectivity index (χ4v) is 3.89. The monoisotopic (exact) mass is 424 g/mol. The third-order valence-corrected chi connectivity index (χ3v) is 5.53. The molecule has 1 saturated heterocycles. The van der Waals surface area contributed by atoms with Crippen LogP contribution in [0.1, 0.15) is 73.0 Å². The van der Waals surface area contributed by atoms with Gasteiger partial charge in [0.2, 0.25) is 5.91 Å². The fourth-order valence-electron chi connectivity index (χ4n) is 3.89. The smallest absolute Gasteiger partial charge is 0.254 e. The Morgan fingerprint density at radius 3 is 2.81 bits per heavy atom. The van der Waals surface area contributed by atoms with E-state index in [-0.39, 0.29) is 17.9 Å². The van der Waals surface area contributed by atoms with Gasteiger partial charge in [0.05, 0.1) is 24.4 Å². The molecule has 2 aromatic rings. The molecule has 31 heavy (non-hydrogen) atoms. The highest BCUT2D eigenvalue weighted by molar-refractivity contribution is 5.94. The lowest BCUT2D eigenvalue weighted by atomic mass is 9.99. The molecule has 2 amide bonds. The van der Waals surface area contributed by atoms with Crippen LogP contribution in [0.25, 0.3) is 0 Å². The number of piperidine rings is 1. The minimum atomic E-state index is -0.219. The Kier molecular flexibility index (Phi) is 7.60. The summed E-state index contributed by atoms with van der Waals surface area (Å²) in [6, 6.07) is 7.45. The van der Waals surface area contributed by atoms with E-state index in [0.717, 1.165) is 37.1 Å². The number of carbonyl (C=O) groups is 2. The van der Waals surface area contributed by atoms with Crippen LogP contribution in [0.5, 0.6) is 5.75 Å². The molecule has 1 fully saturated rings. The maximum atomic E-state index is 12.7. The second-order valence-electron chi connectivity index (χ2n) is 8.46. The number of ether oxygens (including phenoxy) is 1. The van der Waals surface area contributed by atoms with E-state index in [1.165, 1.54) is 0 Å². The largest absolute Gasteiger partial charge is 0.497 e. The summed E-state index contributed by atoms with van der Waals surface area (Å²) in [6.45, 7) is 7.04. The van der Waals surface area contributed by atoms with Crippen molar-refractivity contribution in [3.63, 3.8) is 0 Å². The number of hydrogen-bond donors (Lipinski definition) is 1. The maximum absolute atomic E-state index is 12.7. The van der Waals surface area contributed by atoms with E-state index in [9.17, 15) is 9.59 Å². The molecule has 1 atom stereocenters. The van der Waals surface area contributed by atoms with Crippen LogP contribution in [0.4, 0.5) is 0 Å². The van der Waals surface area contributed by atoms with Crippen molar-refractivity contribution >= 4 is 11.8 Å². The Morgan fingerprint density at radius 2 is 2.10 bits per heavy atom. The van der Waals surface area contributed by atoms with Crippen molar-refractivity contribution < 1.29 is 14.3 Å². The number of rotatable bonds is 7. The number of hydrogen-bond acceptors (Lipinski definition) is 5. The Labute approximate surface area is 184 Å². The van der Waals surface area contributed by atoms with E-state index < -0.39 is 0 Å². The highest BCUT2D eigenvalue weighted by atomic mass is 16.5. The molecule has 7 heteroatoms. The molecule has 3 rings (SSSR count). The number of methoxy groups -OCH3 is 1. The first kappa shape index (κ1) is 22.7. The molecule has 1 aliphatic heterocycles. The van der Waals surface area contributed by atoms with Crippen LogP contribution in [-0.2, 0) is 11.3 Å². The van der Waals surface area contributed by atoms with Crippen LogP contribution in [0.3, 0.4) is 0 Å². The van der Waals surface area contributed by atoms with Gasteiger partial charge in [-0.3, -0.25) is 9.59 Å². The van der Waals surface area contributed by atoms with Crippen LogP contribution in [0, 0.1) is 12.8 Å². The van der Waals surface area contributed by atoms with E-state index in [4.69, 9.17) is 4.74 Å². The number of carbonyl (C=O) groups excluding carboxylic acids is 2. The summed E-state index contributed by atoms with van der Waals surface area (Å²) in [7, 11) is 1.61. The summed E-state index contributed by atoms with van der Waals surface area (Å²) < 4.78 is 5.22. The number of aryl methyl sites for hydroxylation is 1. The van der Waals surface area contributed by atoms with Crippen molar-refractivity contribution in [3.8, 4) is 5.75 Å². The third-order valence-electron chi connectivity index (χ3n) is 5.53. The molecule has 0 aliphatic carbocycles. The first-order chi connectivity index (χ1) is 14.9. The van der Waals surface area contributed by atoms with Gasteiger partial charge in [0.25, 0.3) is 5.91 Å². The van der Waals surface area contributed by atoms with Crippen LogP contribution in [0.2, 0.25) is 0 Å². The highest BCUT2D eigenvalue weighted by Crippen LogP contribution is 2.30. The summed E-state index contributed by atoms with van der Waals surface area (Å²) in [6.07, 6.45) is 5.01. The van der Waals surface area contributed by atoms with Gasteiger partial charge in [0, 0.05) is 25.7 Å². The molecular formula is C24H32N4O3. The number of likely N-dealkylation sites (tertiary alicyclic amines) is 1. The maximum Gasteiger partial charge on any atom is 0.254 e. The van der Waals surface area contributed by atoms with Gasteiger partial charge < -0.3 is 15.0 Å². The van der Waals surface area contributed by atoms with Crippen LogP contribution >= 0.6 is 0 Å². The van der Waals surface area contributed by atoms with E-state index in [0.29, 0.717) is 36.0 Å². The van der Waals surface area contributed by atoms with Crippen molar-refractivity contribution in [2.24, 2.45) is 5.92 Å². The van der Waals surface area contributed by atoms with Gasteiger partial charge in [-0.25, -0.2) is 9.97 Å². The van der Waals surface area contributed by atoms with Crippen molar-refractivity contribution in [1.82, 2.24) is 20.2 Å². The molecule has 0 bridgehead atoms. The molecular weight excluding hydrogens is 392 g/mol. The number of nitrogens with zero attached hydrogens (tertiary/aromatic N) is 3. The molecule has 1 aromatic carbocycles. The van der Waals surface area contributed by atoms with Gasteiger partial charge in [-0.1, -0.05) is 26.0 Å². The summed E-state index contributed by atoms with van der Waals surface area (Å²) in [4.78, 5) is 36.4. The second-order valence-corrected chi connectivity index (χ2v) is 8.46. The molecule has 1 N–H and O–H groups in total. The number of benzene rings is 1. The van der Waals surface area contributed by atoms with Crippen molar-refractivity contribution in [3.05, 3.63) is 53.1 Å². The Bertz CT molecular complexity index is 929. The van der Waals surface area contributed by atoms with Gasteiger partial charge in [-0.2, -0.15) is 0 Å². The zero-order chi connectivity index (χ0) is 22.4. The first-order valence-electron chi connectivity index (χ1n) is 10.9. The second kappa shape index (κ2) is 10.4. The van der Waals surface area contributed by atoms with Gasteiger partial charge in [-0.05, 0) is 49.8 Å². The molecule has 1 aliphatic rings. The normalized spacial score (nSPS) is 16.3. The average molecular weight is 425 g/mol. The zero-order valence-corrected chi connectivity index (χ0v) is 18.9. The van der Waals surface area contributed by atoms with E-state index in [1.54, 1.807) is 13.3 Å². The quantitative estimate of drug-likeness (QED) is 0.730. The Morgan fingerprint density at radius 1 is 1.29 bits per heavy atom. The number of nitrogens with one attached hydrogen (secondary N) is 1. The molecule has 0 radical (unpaired) electrons. The summed E-state index contributed by atoms with van der Waals surface area (Å²) >= 11 is 0. The predicted molar refractivity (Wildman–Crippen MR) is 119 cm³/mol. The van der Waals surface area contributed by atoms with Gasteiger partial charge in [0.1, 0.15) is 5.75 Å². The molecule has 1 aromatic heterocycles. The lowest BCUT2D eigenvalue weighted by Crippen LogP contribution is -2.40. The van der Waals surface area contributed by atoms with E-state index >= 15 is 0 Å². The van der Waals surface area contributed by atoms with Crippen molar-refractivity contribution in [2.75, 3.05) is 13.7 Å². The lowest BCUT2D eigenvalue weighted by Gasteiger charge is -2.35. The number of aromatic nitrogens is 2. The SMILES string of the molecule is COc1cccc(CNC(=O)c2cnc([C@H]3CCCCN3C(=O)CC(C)C)nc2C)c1. The molecule has 0 spiro atoms. The lowest BCUT2D eigenvalue weighted by molar-refractivity contribution is -0.136. The van der Waals surface area contributed by atoms with Crippen LogP contribution in [0.15, 0.2) is 30.5 Å². The molecule has 0 unspecified atom stereocenters. The minimum absolute atomic E-state index is 0.118. The number of amides is 2. The van der Waals surface area contributed by atoms with Crippen molar-refractivity contribution in [1.29, 1.82) is 0 Å². The highest BCUT2D eigenvalue weighted by Gasteiger charge is 2.30. The van der Waals surface area contributed by atoms with Crippen molar-refractivity contribution in [2.45, 2.75) is 59.0 Å². The summed E-state index contributed by atoms with van der Waals surface area (Å²) in [5.74, 6) is 1.62. The van der Waals surface area contributed by atoms with Gasteiger partial charge in [-0.15, -0.1) is 0 Å². The Hall–Kier alpha value is -2.96. The summed E-state index contributed by atoms with van der Waals surface area (Å²) in [5, 5.41) is 2.92. The summed E-state index contributed by atoms with van der Waals surface area (Å²) in [5.41, 5.74) is 2.02. The van der Waals surface area contributed by atoms with Gasteiger partial charge in [0.15, 0.2) is 5.82 Å². The standard InChI is InChI=1S/C24H32N4O3/c1-16(2)12-22(29)28-11-6-5-10-21(28)23-25-15-20(17(3)27-23)24(30)26-14-18-8-7-9-19(13-18)31-4/h7-9,13,15-16,21H,5-6,10-12,14H2,1-4H3,(H,26,30)/t21-/m1/s1. The van der Waals surface area contributed by atoms with Crippen LogP contribution in [-0.4, -0.2) is 40.3 Å². The fraction of sp³-hybridized carbons (Fsp3) is 0.500. The zero-order valence-electron chi connectivity index (χ0n) is 18.9.